The van der Waals surface area contributed by atoms with Gasteiger partial charge in [0.25, 0.3) is 0 Å². The molecule has 3 fully saturated rings. The number of ether oxygens (including phenoxy) is 7. The number of carbonyl (C=O) groups is 4. The van der Waals surface area contributed by atoms with E-state index in [-0.39, 0.29) is 0 Å². The minimum atomic E-state index is -1.80. The fourth-order valence-electron chi connectivity index (χ4n) is 5.71. The number of methoxy groups -OCH3 is 1. The maximum Gasteiger partial charge on any atom is 0.329 e. The highest BCUT2D eigenvalue weighted by atomic mass is 16.7. The Morgan fingerprint density at radius 2 is 1.02 bits per heavy atom. The molecule has 0 unspecified atom stereocenters. The van der Waals surface area contributed by atoms with Gasteiger partial charge < -0.3 is 84.9 Å². The van der Waals surface area contributed by atoms with Crippen LogP contribution in [-0.4, -0.2) is 185 Å². The summed E-state index contributed by atoms with van der Waals surface area (Å²) in [5.74, 6) is -3.23. The van der Waals surface area contributed by atoms with E-state index < -0.39 is 142 Å². The van der Waals surface area contributed by atoms with Gasteiger partial charge in [0.2, 0.25) is 17.7 Å². The first-order valence-electron chi connectivity index (χ1n) is 15.0. The SMILES string of the molecule is CO[C@@H]1O[C@H](CO)[C@@H](O[C@@H]2O[C@H](CO)[C@@H](O[C@@H]3O[C@H](COCC(=O)O)[C@@H](O)[C@H](O)[C@H]3NC(C)=O)[C@H](O)[C@H]2NC(C)=O)[C@H](O)[C@H]1NC(C)=O. The third kappa shape index (κ3) is 9.74. The van der Waals surface area contributed by atoms with E-state index in [0.29, 0.717) is 0 Å². The molecule has 3 rings (SSSR count). The van der Waals surface area contributed by atoms with Gasteiger partial charge in [0.1, 0.15) is 79.7 Å². The molecular weight excluding hydrogens is 654 g/mol. The Labute approximate surface area is 274 Å². The minimum Gasteiger partial charge on any atom is -0.480 e. The van der Waals surface area contributed by atoms with Crippen LogP contribution in [0.4, 0.5) is 0 Å². The second kappa shape index (κ2) is 17.8. The molecule has 0 radical (unpaired) electrons. The van der Waals surface area contributed by atoms with Crippen molar-refractivity contribution >= 4 is 23.7 Å². The van der Waals surface area contributed by atoms with Gasteiger partial charge in [0, 0.05) is 27.9 Å². The molecule has 0 spiro atoms. The molecule has 48 heavy (non-hydrogen) atoms. The van der Waals surface area contributed by atoms with Crippen LogP contribution in [0.25, 0.3) is 0 Å². The first-order chi connectivity index (χ1) is 22.6. The van der Waals surface area contributed by atoms with E-state index in [1.807, 2.05) is 0 Å². The molecule has 3 aliphatic heterocycles. The number of hydrogen-bond acceptors (Lipinski definition) is 17. The van der Waals surface area contributed by atoms with Crippen LogP contribution < -0.4 is 16.0 Å². The fourth-order valence-corrected chi connectivity index (χ4v) is 5.71. The summed E-state index contributed by atoms with van der Waals surface area (Å²) >= 11 is 0. The van der Waals surface area contributed by atoms with Gasteiger partial charge in [0.05, 0.1) is 19.8 Å². The number of amides is 3. The maximum absolute atomic E-state index is 12.2. The van der Waals surface area contributed by atoms with Crippen LogP contribution in [0.1, 0.15) is 20.8 Å². The zero-order valence-electron chi connectivity index (χ0n) is 26.6. The summed E-state index contributed by atoms with van der Waals surface area (Å²) in [7, 11) is 1.25. The number of hydrogen-bond donors (Lipinski definition) is 10. The van der Waals surface area contributed by atoms with Gasteiger partial charge in [-0.25, -0.2) is 4.79 Å². The van der Waals surface area contributed by atoms with Crippen LogP contribution in [-0.2, 0) is 52.3 Å². The third-order valence-electron chi connectivity index (χ3n) is 7.84. The van der Waals surface area contributed by atoms with E-state index in [1.54, 1.807) is 0 Å². The molecule has 3 saturated heterocycles. The van der Waals surface area contributed by atoms with E-state index in [9.17, 15) is 49.8 Å². The molecule has 0 aromatic rings. The third-order valence-corrected chi connectivity index (χ3v) is 7.84. The highest BCUT2D eigenvalue weighted by Crippen LogP contribution is 2.33. The normalized spacial score (nSPS) is 40.1. The Hall–Kier alpha value is -2.64. The summed E-state index contributed by atoms with van der Waals surface area (Å²) in [6.45, 7) is 0.547. The summed E-state index contributed by atoms with van der Waals surface area (Å²) in [4.78, 5) is 46.9. The van der Waals surface area contributed by atoms with Crippen molar-refractivity contribution in [2.75, 3.05) is 33.5 Å². The van der Waals surface area contributed by atoms with E-state index >= 15 is 0 Å². The molecule has 0 aromatic carbocycles. The van der Waals surface area contributed by atoms with E-state index in [4.69, 9.17) is 38.3 Å². The summed E-state index contributed by atoms with van der Waals surface area (Å²) in [5, 5.41) is 80.6. The van der Waals surface area contributed by atoms with Crippen molar-refractivity contribution < 1.29 is 88.1 Å². The van der Waals surface area contributed by atoms with Gasteiger partial charge in [-0.3, -0.25) is 14.4 Å². The van der Waals surface area contributed by atoms with Crippen molar-refractivity contribution in [2.24, 2.45) is 0 Å². The number of rotatable bonds is 14. The lowest BCUT2D eigenvalue weighted by molar-refractivity contribution is -0.352. The predicted molar refractivity (Wildman–Crippen MR) is 152 cm³/mol. The molecule has 21 heteroatoms. The predicted octanol–water partition coefficient (Wildman–Crippen LogP) is -6.38. The second-order valence-electron chi connectivity index (χ2n) is 11.5. The highest BCUT2D eigenvalue weighted by molar-refractivity contribution is 5.74. The first kappa shape index (κ1) is 39.8. The number of aliphatic carboxylic acids is 1. The Morgan fingerprint density at radius 1 is 0.625 bits per heavy atom. The summed E-state index contributed by atoms with van der Waals surface area (Å²) in [5.41, 5.74) is 0. The number of nitrogens with one attached hydrogen (secondary N) is 3. The van der Waals surface area contributed by atoms with Crippen molar-refractivity contribution in [3.05, 3.63) is 0 Å². The summed E-state index contributed by atoms with van der Waals surface area (Å²) in [6.07, 6.45) is -18.5. The molecule has 10 N–H and O–H groups in total. The van der Waals surface area contributed by atoms with Crippen LogP contribution in [0.5, 0.6) is 0 Å². The van der Waals surface area contributed by atoms with Gasteiger partial charge in [-0.15, -0.1) is 0 Å². The Kier molecular flexibility index (Phi) is 14.8. The smallest absolute Gasteiger partial charge is 0.329 e. The van der Waals surface area contributed by atoms with Crippen LogP contribution in [0, 0.1) is 0 Å². The topological polar surface area (TPSA) is 311 Å². The Balaban J connectivity index is 1.90. The molecule has 3 aliphatic rings. The quantitative estimate of drug-likeness (QED) is 0.0806. The molecule has 3 amide bonds. The Bertz CT molecular complexity index is 1100. The summed E-state index contributed by atoms with van der Waals surface area (Å²) < 4.78 is 39.4. The molecule has 3 heterocycles. The average molecular weight is 700 g/mol. The van der Waals surface area contributed by atoms with Crippen molar-refractivity contribution in [1.82, 2.24) is 16.0 Å². The maximum atomic E-state index is 12.2. The van der Waals surface area contributed by atoms with Crippen molar-refractivity contribution in [3.8, 4) is 0 Å². The van der Waals surface area contributed by atoms with Crippen LogP contribution in [0.2, 0.25) is 0 Å². The van der Waals surface area contributed by atoms with E-state index in [2.05, 4.69) is 16.0 Å². The van der Waals surface area contributed by atoms with E-state index in [1.165, 1.54) is 14.0 Å². The molecular formula is C27H45N3O18. The molecule has 0 aliphatic carbocycles. The van der Waals surface area contributed by atoms with Gasteiger partial charge >= 0.3 is 5.97 Å². The average Bonchev–Trinajstić information content (AvgIpc) is 3.01. The van der Waals surface area contributed by atoms with Crippen molar-refractivity contribution in [2.45, 2.75) is 113 Å². The Morgan fingerprint density at radius 3 is 1.42 bits per heavy atom. The minimum absolute atomic E-state index is 0.532. The zero-order valence-corrected chi connectivity index (χ0v) is 26.6. The number of carboxylic acid groups (broad SMARTS) is 1. The van der Waals surface area contributed by atoms with Crippen molar-refractivity contribution in [1.29, 1.82) is 0 Å². The number of carboxylic acids is 1. The number of aliphatic hydroxyl groups excluding tert-OH is 6. The lowest BCUT2D eigenvalue weighted by Gasteiger charge is -2.50. The summed E-state index contributed by atoms with van der Waals surface area (Å²) in [6, 6.07) is -4.16. The molecule has 0 saturated carbocycles. The van der Waals surface area contributed by atoms with Gasteiger partial charge in [0.15, 0.2) is 18.9 Å². The van der Waals surface area contributed by atoms with Crippen LogP contribution >= 0.6 is 0 Å². The molecule has 21 nitrogen and oxygen atoms in total. The van der Waals surface area contributed by atoms with Gasteiger partial charge in [-0.2, -0.15) is 0 Å². The molecule has 0 bridgehead atoms. The van der Waals surface area contributed by atoms with Crippen molar-refractivity contribution in [3.63, 3.8) is 0 Å². The zero-order chi connectivity index (χ0) is 35.9. The first-order valence-corrected chi connectivity index (χ1v) is 15.0. The number of aliphatic hydroxyl groups is 6. The molecule has 15 atom stereocenters. The lowest BCUT2D eigenvalue weighted by Crippen LogP contribution is -2.71. The van der Waals surface area contributed by atoms with Gasteiger partial charge in [-0.1, -0.05) is 0 Å². The molecule has 0 aromatic heterocycles. The monoisotopic (exact) mass is 699 g/mol. The highest BCUT2D eigenvalue weighted by Gasteiger charge is 2.54. The lowest BCUT2D eigenvalue weighted by atomic mass is 9.93. The fraction of sp³-hybridized carbons (Fsp3) is 0.852. The second-order valence-corrected chi connectivity index (χ2v) is 11.5. The largest absolute Gasteiger partial charge is 0.480 e. The standard InChI is InChI=1S/C27H45N3O18/c1-9(33)28-16-20(39)19(38)14(7-43-8-15(36)37)46-26(16)47-24-13(6-32)45-27(18(22(24)41)30-11(3)35)48-23-12(5-31)44-25(42-4)17(21(23)40)29-10(2)34/h12-14,16-27,31-32,38-41H,5-8H2,1-4H3,(H,28,33)(H,29,34)(H,30,35)(H,36,37)/t12-,13-,14-,16-,17-,18-,19-,20-,21-,22-,23-,24-,25-,26+,27+/m1/s1. The van der Waals surface area contributed by atoms with E-state index in [0.717, 1.165) is 13.8 Å². The molecule has 276 valence electrons. The van der Waals surface area contributed by atoms with Crippen LogP contribution in [0.3, 0.4) is 0 Å². The van der Waals surface area contributed by atoms with Gasteiger partial charge in [-0.05, 0) is 0 Å². The number of carbonyl (C=O) groups excluding carboxylic acids is 3. The van der Waals surface area contributed by atoms with Crippen LogP contribution in [0.15, 0.2) is 0 Å².